The number of halogens is 2. The van der Waals surface area contributed by atoms with Gasteiger partial charge in [-0.25, -0.2) is 4.39 Å². The average Bonchev–Trinajstić information content (AvgIpc) is 2.88. The van der Waals surface area contributed by atoms with Gasteiger partial charge in [-0.3, -0.25) is 9.59 Å². The molecule has 0 aromatic heterocycles. The Hall–Kier alpha value is -3.18. The Kier molecular flexibility index (Phi) is 9.12. The monoisotopic (exact) mass is 506 g/mol. The van der Waals surface area contributed by atoms with Gasteiger partial charge in [-0.05, 0) is 53.8 Å². The van der Waals surface area contributed by atoms with Crippen LogP contribution in [0, 0.1) is 5.82 Å². The van der Waals surface area contributed by atoms with E-state index in [0.717, 1.165) is 36.8 Å². The van der Waals surface area contributed by atoms with Crippen molar-refractivity contribution in [3.63, 3.8) is 0 Å². The lowest BCUT2D eigenvalue weighted by Crippen LogP contribution is -2.53. The van der Waals surface area contributed by atoms with Crippen LogP contribution in [0.2, 0.25) is 5.02 Å². The molecule has 1 atom stereocenters. The predicted octanol–water partition coefficient (Wildman–Crippen LogP) is 6.11. The molecule has 188 valence electrons. The number of hydrogen-bond donors (Lipinski definition) is 1. The van der Waals surface area contributed by atoms with E-state index in [1.807, 2.05) is 48.5 Å². The zero-order valence-corrected chi connectivity index (χ0v) is 21.1. The molecule has 1 fully saturated rings. The molecule has 3 aromatic carbocycles. The molecule has 1 N–H and O–H groups in total. The first-order chi connectivity index (χ1) is 17.5. The quantitative estimate of drug-likeness (QED) is 0.380. The number of hydrogen-bond acceptors (Lipinski definition) is 2. The summed E-state index contributed by atoms with van der Waals surface area (Å²) < 4.78 is 13.4. The third kappa shape index (κ3) is 7.41. The maximum absolute atomic E-state index is 13.7. The minimum atomic E-state index is -0.693. The Bertz CT molecular complexity index is 1150. The molecule has 0 heterocycles. The largest absolute Gasteiger partial charge is 0.352 e. The molecule has 0 saturated heterocycles. The van der Waals surface area contributed by atoms with Gasteiger partial charge in [-0.2, -0.15) is 0 Å². The van der Waals surface area contributed by atoms with Crippen LogP contribution < -0.4 is 5.32 Å². The van der Waals surface area contributed by atoms with Crippen molar-refractivity contribution in [1.82, 2.24) is 10.2 Å². The van der Waals surface area contributed by atoms with Crippen LogP contribution in [0.1, 0.15) is 48.8 Å². The summed E-state index contributed by atoms with van der Waals surface area (Å²) in [5.41, 5.74) is 2.52. The summed E-state index contributed by atoms with van der Waals surface area (Å²) in [6, 6.07) is 22.5. The maximum Gasteiger partial charge on any atom is 0.243 e. The molecule has 4 rings (SSSR count). The zero-order chi connectivity index (χ0) is 25.3. The van der Waals surface area contributed by atoms with Crippen molar-refractivity contribution in [3.05, 3.63) is 106 Å². The summed E-state index contributed by atoms with van der Waals surface area (Å²) >= 11 is 6.23. The second-order valence-electron chi connectivity index (χ2n) is 9.50. The van der Waals surface area contributed by atoms with E-state index in [1.54, 1.807) is 23.1 Å². The number of carbonyl (C=O) groups excluding carboxylic acids is 2. The normalized spacial score (nSPS) is 14.7. The van der Waals surface area contributed by atoms with Crippen molar-refractivity contribution in [1.29, 1.82) is 0 Å². The highest BCUT2D eigenvalue weighted by Gasteiger charge is 2.32. The maximum atomic E-state index is 13.7. The molecule has 4 nitrogen and oxygen atoms in total. The first-order valence-electron chi connectivity index (χ1n) is 12.6. The van der Waals surface area contributed by atoms with Crippen molar-refractivity contribution in [2.24, 2.45) is 0 Å². The summed E-state index contributed by atoms with van der Waals surface area (Å²) in [5.74, 6) is -0.683. The van der Waals surface area contributed by atoms with E-state index in [2.05, 4.69) is 5.32 Å². The van der Waals surface area contributed by atoms with Gasteiger partial charge in [0.25, 0.3) is 0 Å². The fourth-order valence-electron chi connectivity index (χ4n) is 4.81. The Morgan fingerprint density at radius 3 is 2.28 bits per heavy atom. The lowest BCUT2D eigenvalue weighted by atomic mass is 9.94. The molecule has 0 aliphatic heterocycles. The molecular formula is C30H32ClFN2O2. The Balaban J connectivity index is 1.65. The van der Waals surface area contributed by atoms with Gasteiger partial charge in [0.15, 0.2) is 0 Å². The van der Waals surface area contributed by atoms with E-state index in [1.165, 1.54) is 18.6 Å². The third-order valence-corrected chi connectivity index (χ3v) is 6.97. The molecule has 1 saturated carbocycles. The minimum absolute atomic E-state index is 0.0723. The molecule has 0 bridgehead atoms. The minimum Gasteiger partial charge on any atom is -0.352 e. The highest BCUT2D eigenvalue weighted by Crippen LogP contribution is 2.21. The second-order valence-corrected chi connectivity index (χ2v) is 9.94. The molecule has 1 aliphatic carbocycles. The first-order valence-corrected chi connectivity index (χ1v) is 13.0. The van der Waals surface area contributed by atoms with Crippen LogP contribution in [0.25, 0.3) is 0 Å². The fourth-order valence-corrected chi connectivity index (χ4v) is 5.02. The molecule has 0 spiro atoms. The summed E-state index contributed by atoms with van der Waals surface area (Å²) in [6.07, 6.45) is 5.78. The van der Waals surface area contributed by atoms with Crippen LogP contribution in [0.3, 0.4) is 0 Å². The van der Waals surface area contributed by atoms with E-state index in [-0.39, 0.29) is 36.6 Å². The first kappa shape index (κ1) is 25.9. The van der Waals surface area contributed by atoms with Gasteiger partial charge in [0.2, 0.25) is 11.8 Å². The van der Waals surface area contributed by atoms with Crippen LogP contribution >= 0.6 is 11.6 Å². The summed E-state index contributed by atoms with van der Waals surface area (Å²) in [6.45, 7) is 0.246. The Morgan fingerprint density at radius 1 is 0.889 bits per heavy atom. The summed E-state index contributed by atoms with van der Waals surface area (Å²) in [5, 5.41) is 3.81. The van der Waals surface area contributed by atoms with Gasteiger partial charge in [0, 0.05) is 24.0 Å². The van der Waals surface area contributed by atoms with Gasteiger partial charge in [-0.1, -0.05) is 85.5 Å². The van der Waals surface area contributed by atoms with Crippen LogP contribution in [0.15, 0.2) is 78.9 Å². The SMILES string of the molecule is O=C(NC1CCCCC1)C(Cc1ccccc1)N(Cc1cccc(Cl)c1)C(=O)Cc1ccc(F)cc1. The molecule has 36 heavy (non-hydrogen) atoms. The fraction of sp³-hybridized carbons (Fsp3) is 0.333. The van der Waals surface area contributed by atoms with Crippen molar-refractivity contribution in [2.45, 2.75) is 63.6 Å². The highest BCUT2D eigenvalue weighted by atomic mass is 35.5. The lowest BCUT2D eigenvalue weighted by molar-refractivity contribution is -0.141. The van der Waals surface area contributed by atoms with E-state index >= 15 is 0 Å². The number of nitrogens with zero attached hydrogens (tertiary/aromatic N) is 1. The molecular weight excluding hydrogens is 475 g/mol. The van der Waals surface area contributed by atoms with Gasteiger partial charge >= 0.3 is 0 Å². The molecule has 1 aliphatic rings. The molecule has 3 aromatic rings. The second kappa shape index (κ2) is 12.7. The standard InChI is InChI=1S/C30H32ClFN2O2/c31-25-11-7-10-24(18-25)21-34(29(35)20-23-14-16-26(32)17-15-23)28(19-22-8-3-1-4-9-22)30(36)33-27-12-5-2-6-13-27/h1,3-4,7-11,14-18,27-28H,2,5-6,12-13,19-21H2,(H,33,36). The molecule has 1 unspecified atom stereocenters. The number of carbonyl (C=O) groups is 2. The van der Waals surface area contributed by atoms with Crippen LogP contribution in [0.5, 0.6) is 0 Å². The van der Waals surface area contributed by atoms with Crippen molar-refractivity contribution >= 4 is 23.4 Å². The van der Waals surface area contributed by atoms with Crippen molar-refractivity contribution in [2.75, 3.05) is 0 Å². The topological polar surface area (TPSA) is 49.4 Å². The van der Waals surface area contributed by atoms with Crippen molar-refractivity contribution < 1.29 is 14.0 Å². The smallest absolute Gasteiger partial charge is 0.243 e. The van der Waals surface area contributed by atoms with E-state index in [9.17, 15) is 14.0 Å². The number of rotatable bonds is 9. The number of nitrogens with one attached hydrogen (secondary N) is 1. The Morgan fingerprint density at radius 2 is 1.58 bits per heavy atom. The number of amides is 2. The van der Waals surface area contributed by atoms with Gasteiger partial charge in [-0.15, -0.1) is 0 Å². The van der Waals surface area contributed by atoms with E-state index < -0.39 is 6.04 Å². The van der Waals surface area contributed by atoms with Crippen LogP contribution in [0.4, 0.5) is 4.39 Å². The Labute approximate surface area is 217 Å². The lowest BCUT2D eigenvalue weighted by Gasteiger charge is -2.33. The third-order valence-electron chi connectivity index (χ3n) is 6.73. The van der Waals surface area contributed by atoms with E-state index in [4.69, 9.17) is 11.6 Å². The zero-order valence-electron chi connectivity index (χ0n) is 20.3. The summed E-state index contributed by atoms with van der Waals surface area (Å²) in [7, 11) is 0. The summed E-state index contributed by atoms with van der Waals surface area (Å²) in [4.78, 5) is 29.1. The van der Waals surface area contributed by atoms with Crippen LogP contribution in [-0.4, -0.2) is 28.8 Å². The molecule has 0 radical (unpaired) electrons. The molecule has 2 amide bonds. The predicted molar refractivity (Wildman–Crippen MR) is 141 cm³/mol. The van der Waals surface area contributed by atoms with Gasteiger partial charge in [0.1, 0.15) is 11.9 Å². The van der Waals surface area contributed by atoms with Crippen LogP contribution in [-0.2, 0) is 29.0 Å². The van der Waals surface area contributed by atoms with Gasteiger partial charge in [0.05, 0.1) is 6.42 Å². The average molecular weight is 507 g/mol. The van der Waals surface area contributed by atoms with E-state index in [0.29, 0.717) is 17.0 Å². The number of benzene rings is 3. The molecule has 6 heteroatoms. The van der Waals surface area contributed by atoms with Gasteiger partial charge < -0.3 is 10.2 Å². The van der Waals surface area contributed by atoms with Crippen molar-refractivity contribution in [3.8, 4) is 0 Å². The highest BCUT2D eigenvalue weighted by molar-refractivity contribution is 6.30.